The van der Waals surface area contributed by atoms with Crippen molar-refractivity contribution in [1.82, 2.24) is 4.98 Å². The largest absolute Gasteiger partial charge is 0.245 e. The molecule has 50 valence electrons. The monoisotopic (exact) mass is 161 g/mol. The second kappa shape index (κ2) is 2.67. The van der Waals surface area contributed by atoms with Gasteiger partial charge in [0.15, 0.2) is 0 Å². The number of rotatable bonds is 1. The minimum Gasteiger partial charge on any atom is -0.245 e. The van der Waals surface area contributed by atoms with Gasteiger partial charge in [0.2, 0.25) is 0 Å². The number of aryl methyl sites for hydroxylation is 1. The van der Waals surface area contributed by atoms with Gasteiger partial charge in [0.25, 0.3) is 0 Å². The van der Waals surface area contributed by atoms with Gasteiger partial charge in [-0.15, -0.1) is 22.9 Å². The first-order chi connectivity index (χ1) is 4.20. The lowest BCUT2D eigenvalue weighted by atomic mass is 10.4. The Balaban J connectivity index is 2.85. The first-order valence-electron chi connectivity index (χ1n) is 2.76. The molecule has 0 amide bonds. The predicted molar refractivity (Wildman–Crippen MR) is 41.1 cm³/mol. The Hall–Kier alpha value is -0.0800. The van der Waals surface area contributed by atoms with Gasteiger partial charge in [-0.1, -0.05) is 0 Å². The molecule has 0 aromatic carbocycles. The Labute approximate surface area is 63.7 Å². The van der Waals surface area contributed by atoms with Crippen molar-refractivity contribution >= 4 is 22.9 Å². The summed E-state index contributed by atoms with van der Waals surface area (Å²) in [6.45, 7) is 3.91. The third-order valence-electron chi connectivity index (χ3n) is 1.04. The number of alkyl halides is 1. The molecule has 1 aromatic heterocycles. The number of hydrogen-bond donors (Lipinski definition) is 0. The SMILES string of the molecule is Cc1nc(C(C)Cl)cs1. The van der Waals surface area contributed by atoms with E-state index < -0.39 is 0 Å². The van der Waals surface area contributed by atoms with Crippen LogP contribution in [0.4, 0.5) is 0 Å². The summed E-state index contributed by atoms with van der Waals surface area (Å²) < 4.78 is 0. The Bertz CT molecular complexity index is 195. The Kier molecular flexibility index (Phi) is 2.09. The lowest BCUT2D eigenvalue weighted by Gasteiger charge is -1.92. The molecule has 0 aliphatic carbocycles. The maximum Gasteiger partial charge on any atom is 0.0897 e. The molecule has 1 unspecified atom stereocenters. The van der Waals surface area contributed by atoms with Crippen molar-refractivity contribution in [3.05, 3.63) is 16.1 Å². The van der Waals surface area contributed by atoms with Gasteiger partial charge in [-0.25, -0.2) is 4.98 Å². The molecule has 1 aromatic rings. The van der Waals surface area contributed by atoms with Gasteiger partial charge in [0, 0.05) is 5.38 Å². The zero-order chi connectivity index (χ0) is 6.85. The number of hydrogen-bond acceptors (Lipinski definition) is 2. The fourth-order valence-corrected chi connectivity index (χ4v) is 1.46. The summed E-state index contributed by atoms with van der Waals surface area (Å²) in [4.78, 5) is 4.20. The molecule has 0 bridgehead atoms. The van der Waals surface area contributed by atoms with E-state index >= 15 is 0 Å². The van der Waals surface area contributed by atoms with Gasteiger partial charge in [0.05, 0.1) is 16.1 Å². The summed E-state index contributed by atoms with van der Waals surface area (Å²) in [5, 5.41) is 3.12. The highest BCUT2D eigenvalue weighted by Crippen LogP contribution is 2.20. The van der Waals surface area contributed by atoms with Gasteiger partial charge in [-0.2, -0.15) is 0 Å². The van der Waals surface area contributed by atoms with Crippen LogP contribution in [0.5, 0.6) is 0 Å². The topological polar surface area (TPSA) is 12.9 Å². The smallest absolute Gasteiger partial charge is 0.0897 e. The van der Waals surface area contributed by atoms with Gasteiger partial charge >= 0.3 is 0 Å². The zero-order valence-corrected chi connectivity index (χ0v) is 6.96. The minimum absolute atomic E-state index is 0.0509. The van der Waals surface area contributed by atoms with Crippen LogP contribution in [-0.2, 0) is 0 Å². The molecule has 0 aliphatic heterocycles. The van der Waals surface area contributed by atoms with Crippen molar-refractivity contribution in [3.63, 3.8) is 0 Å². The van der Waals surface area contributed by atoms with E-state index in [9.17, 15) is 0 Å². The van der Waals surface area contributed by atoms with Crippen LogP contribution in [0, 0.1) is 6.92 Å². The van der Waals surface area contributed by atoms with E-state index in [1.807, 2.05) is 19.2 Å². The van der Waals surface area contributed by atoms with E-state index in [2.05, 4.69) is 4.98 Å². The van der Waals surface area contributed by atoms with Gasteiger partial charge in [-0.05, 0) is 13.8 Å². The molecule has 0 fully saturated rings. The van der Waals surface area contributed by atoms with Crippen LogP contribution in [0.3, 0.4) is 0 Å². The number of aromatic nitrogens is 1. The lowest BCUT2D eigenvalue weighted by Crippen LogP contribution is -1.82. The minimum atomic E-state index is 0.0509. The summed E-state index contributed by atoms with van der Waals surface area (Å²) in [6, 6.07) is 0. The molecule has 1 rings (SSSR count). The first-order valence-corrected chi connectivity index (χ1v) is 4.08. The molecule has 0 saturated heterocycles. The van der Waals surface area contributed by atoms with Crippen LogP contribution in [0.25, 0.3) is 0 Å². The van der Waals surface area contributed by atoms with Crippen LogP contribution in [0.15, 0.2) is 5.38 Å². The van der Waals surface area contributed by atoms with E-state index in [1.54, 1.807) is 11.3 Å². The van der Waals surface area contributed by atoms with Crippen molar-refractivity contribution in [2.24, 2.45) is 0 Å². The standard InChI is InChI=1S/C6H8ClNS/c1-4(7)6-3-9-5(2)8-6/h3-4H,1-2H3. The third kappa shape index (κ3) is 1.66. The first kappa shape index (κ1) is 7.03. The quantitative estimate of drug-likeness (QED) is 0.578. The summed E-state index contributed by atoms with van der Waals surface area (Å²) in [6.07, 6.45) is 0. The van der Waals surface area contributed by atoms with E-state index in [1.165, 1.54) is 0 Å². The number of thiazole rings is 1. The molecule has 3 heteroatoms. The average Bonchev–Trinajstić information content (AvgIpc) is 2.14. The van der Waals surface area contributed by atoms with Gasteiger partial charge in [-0.3, -0.25) is 0 Å². The van der Waals surface area contributed by atoms with Crippen molar-refractivity contribution < 1.29 is 0 Å². The summed E-state index contributed by atoms with van der Waals surface area (Å²) in [5.74, 6) is 0. The maximum atomic E-state index is 5.76. The third-order valence-corrected chi connectivity index (χ3v) is 2.06. The molecule has 0 N–H and O–H groups in total. The van der Waals surface area contributed by atoms with Crippen LogP contribution < -0.4 is 0 Å². The fraction of sp³-hybridized carbons (Fsp3) is 0.500. The lowest BCUT2D eigenvalue weighted by molar-refractivity contribution is 1.00. The Morgan fingerprint density at radius 1 is 1.78 bits per heavy atom. The molecular weight excluding hydrogens is 154 g/mol. The second-order valence-electron chi connectivity index (χ2n) is 1.91. The van der Waals surface area contributed by atoms with Crippen LogP contribution in [0.1, 0.15) is 23.0 Å². The molecule has 1 nitrogen and oxygen atoms in total. The van der Waals surface area contributed by atoms with E-state index in [4.69, 9.17) is 11.6 Å². The van der Waals surface area contributed by atoms with Crippen molar-refractivity contribution in [3.8, 4) is 0 Å². The molecule has 0 spiro atoms. The van der Waals surface area contributed by atoms with Crippen molar-refractivity contribution in [2.45, 2.75) is 19.2 Å². The summed E-state index contributed by atoms with van der Waals surface area (Å²) >= 11 is 7.40. The average molecular weight is 162 g/mol. The Morgan fingerprint density at radius 2 is 2.44 bits per heavy atom. The molecule has 9 heavy (non-hydrogen) atoms. The molecule has 0 radical (unpaired) electrons. The van der Waals surface area contributed by atoms with Crippen LogP contribution >= 0.6 is 22.9 Å². The molecule has 1 heterocycles. The fourth-order valence-electron chi connectivity index (χ4n) is 0.563. The highest BCUT2D eigenvalue weighted by atomic mass is 35.5. The summed E-state index contributed by atoms with van der Waals surface area (Å²) in [5.41, 5.74) is 0.985. The Morgan fingerprint density at radius 3 is 2.67 bits per heavy atom. The van der Waals surface area contributed by atoms with Crippen LogP contribution in [-0.4, -0.2) is 4.98 Å². The van der Waals surface area contributed by atoms with E-state index in [0.717, 1.165) is 10.7 Å². The number of nitrogens with zero attached hydrogens (tertiary/aromatic N) is 1. The molecule has 0 saturated carbocycles. The highest BCUT2D eigenvalue weighted by molar-refractivity contribution is 7.09. The maximum absolute atomic E-state index is 5.76. The van der Waals surface area contributed by atoms with E-state index in [0.29, 0.717) is 0 Å². The molecule has 1 atom stereocenters. The van der Waals surface area contributed by atoms with E-state index in [-0.39, 0.29) is 5.38 Å². The van der Waals surface area contributed by atoms with Gasteiger partial charge < -0.3 is 0 Å². The highest BCUT2D eigenvalue weighted by Gasteiger charge is 2.02. The predicted octanol–water partition coefficient (Wildman–Crippen LogP) is 2.75. The second-order valence-corrected chi connectivity index (χ2v) is 3.62. The van der Waals surface area contributed by atoms with Crippen LogP contribution in [0.2, 0.25) is 0 Å². The van der Waals surface area contributed by atoms with Crippen molar-refractivity contribution in [1.29, 1.82) is 0 Å². The van der Waals surface area contributed by atoms with Crippen molar-refractivity contribution in [2.75, 3.05) is 0 Å². The zero-order valence-electron chi connectivity index (χ0n) is 5.39. The molecular formula is C6H8ClNS. The van der Waals surface area contributed by atoms with Gasteiger partial charge in [0.1, 0.15) is 0 Å². The molecule has 0 aliphatic rings. The number of halogens is 1. The summed E-state index contributed by atoms with van der Waals surface area (Å²) in [7, 11) is 0. The normalized spacial score (nSPS) is 13.7.